The average Bonchev–Trinajstić information content (AvgIpc) is 2.70. The number of rotatable bonds is 6. The lowest BCUT2D eigenvalue weighted by molar-refractivity contribution is 0.102. The number of carbonyl (C=O) groups is 1. The van der Waals surface area contributed by atoms with Crippen molar-refractivity contribution in [1.29, 1.82) is 0 Å². The molecule has 0 bridgehead atoms. The third-order valence-electron chi connectivity index (χ3n) is 4.22. The number of ether oxygens (including phenoxy) is 1. The summed E-state index contributed by atoms with van der Waals surface area (Å²) in [7, 11) is -2.44. The molecule has 0 aromatic heterocycles. The van der Waals surface area contributed by atoms with E-state index in [1.165, 1.54) is 25.3 Å². The number of halogens is 1. The number of benzene rings is 3. The van der Waals surface area contributed by atoms with Gasteiger partial charge in [-0.1, -0.05) is 29.8 Å². The van der Waals surface area contributed by atoms with E-state index < -0.39 is 10.0 Å². The van der Waals surface area contributed by atoms with Gasteiger partial charge in [0.25, 0.3) is 15.9 Å². The molecule has 150 valence electrons. The van der Waals surface area contributed by atoms with E-state index in [9.17, 15) is 13.2 Å². The van der Waals surface area contributed by atoms with Gasteiger partial charge in [-0.2, -0.15) is 0 Å². The molecular formula is C21H19ClN2O4S. The van der Waals surface area contributed by atoms with Crippen LogP contribution in [0.3, 0.4) is 0 Å². The van der Waals surface area contributed by atoms with E-state index in [-0.39, 0.29) is 16.5 Å². The van der Waals surface area contributed by atoms with Crippen molar-refractivity contribution in [2.75, 3.05) is 17.1 Å². The number of nitrogens with one attached hydrogen (secondary N) is 2. The Morgan fingerprint density at radius 3 is 2.34 bits per heavy atom. The summed E-state index contributed by atoms with van der Waals surface area (Å²) in [6, 6.07) is 17.6. The molecule has 0 aliphatic heterocycles. The van der Waals surface area contributed by atoms with E-state index in [2.05, 4.69) is 10.0 Å². The van der Waals surface area contributed by atoms with E-state index in [1.807, 2.05) is 19.1 Å². The van der Waals surface area contributed by atoms with E-state index in [0.717, 1.165) is 5.56 Å². The first-order valence-electron chi connectivity index (χ1n) is 8.63. The van der Waals surface area contributed by atoms with Crippen molar-refractivity contribution in [3.63, 3.8) is 0 Å². The maximum Gasteiger partial charge on any atom is 0.261 e. The molecule has 0 aliphatic rings. The summed E-state index contributed by atoms with van der Waals surface area (Å²) in [5.74, 6) is -0.0148. The van der Waals surface area contributed by atoms with Gasteiger partial charge in [0, 0.05) is 16.3 Å². The van der Waals surface area contributed by atoms with Crippen LogP contribution in [0, 0.1) is 6.92 Å². The molecule has 0 saturated carbocycles. The van der Waals surface area contributed by atoms with Gasteiger partial charge in [0.15, 0.2) is 0 Å². The molecule has 2 N–H and O–H groups in total. The van der Waals surface area contributed by atoms with Crippen LogP contribution in [0.4, 0.5) is 11.4 Å². The Labute approximate surface area is 174 Å². The maximum absolute atomic E-state index is 12.8. The largest absolute Gasteiger partial charge is 0.495 e. The predicted molar refractivity (Wildman–Crippen MR) is 114 cm³/mol. The summed E-state index contributed by atoms with van der Waals surface area (Å²) in [5, 5.41) is 3.23. The minimum atomic E-state index is -3.88. The first-order valence-corrected chi connectivity index (χ1v) is 10.5. The molecule has 3 rings (SSSR count). The highest BCUT2D eigenvalue weighted by Gasteiger charge is 2.19. The fourth-order valence-electron chi connectivity index (χ4n) is 2.70. The number of amides is 1. The second kappa shape index (κ2) is 8.55. The van der Waals surface area contributed by atoms with E-state index in [4.69, 9.17) is 16.3 Å². The summed E-state index contributed by atoms with van der Waals surface area (Å²) in [6.07, 6.45) is 0. The fourth-order valence-corrected chi connectivity index (χ4v) is 3.91. The Morgan fingerprint density at radius 2 is 1.69 bits per heavy atom. The molecule has 0 unspecified atom stereocenters. The lowest BCUT2D eigenvalue weighted by Crippen LogP contribution is -2.16. The van der Waals surface area contributed by atoms with Crippen LogP contribution in [-0.2, 0) is 10.0 Å². The molecule has 0 spiro atoms. The molecule has 0 fully saturated rings. The lowest BCUT2D eigenvalue weighted by atomic mass is 10.1. The fraction of sp³-hybridized carbons (Fsp3) is 0.0952. The molecule has 0 heterocycles. The van der Waals surface area contributed by atoms with Gasteiger partial charge in [-0.05, 0) is 61.0 Å². The highest BCUT2D eigenvalue weighted by Crippen LogP contribution is 2.29. The third-order valence-corrected chi connectivity index (χ3v) is 5.85. The van der Waals surface area contributed by atoms with Gasteiger partial charge in [-0.3, -0.25) is 9.52 Å². The van der Waals surface area contributed by atoms with Crippen molar-refractivity contribution in [2.45, 2.75) is 11.8 Å². The second-order valence-electron chi connectivity index (χ2n) is 6.24. The third kappa shape index (κ3) is 4.88. The molecule has 6 nitrogen and oxygen atoms in total. The van der Waals surface area contributed by atoms with E-state index in [1.54, 1.807) is 36.4 Å². The van der Waals surface area contributed by atoms with Gasteiger partial charge >= 0.3 is 0 Å². The van der Waals surface area contributed by atoms with Crippen LogP contribution in [0.2, 0.25) is 5.02 Å². The van der Waals surface area contributed by atoms with Crippen LogP contribution >= 0.6 is 11.6 Å². The van der Waals surface area contributed by atoms with Crippen molar-refractivity contribution in [1.82, 2.24) is 0 Å². The predicted octanol–water partition coefficient (Wildman–Crippen LogP) is 4.71. The van der Waals surface area contributed by atoms with Crippen molar-refractivity contribution < 1.29 is 17.9 Å². The average molecular weight is 431 g/mol. The van der Waals surface area contributed by atoms with Crippen LogP contribution < -0.4 is 14.8 Å². The summed E-state index contributed by atoms with van der Waals surface area (Å²) in [6.45, 7) is 1.82. The molecule has 8 heteroatoms. The minimum Gasteiger partial charge on any atom is -0.495 e. The summed E-state index contributed by atoms with van der Waals surface area (Å²) in [4.78, 5) is 12.6. The molecule has 0 saturated heterocycles. The number of sulfonamides is 1. The van der Waals surface area contributed by atoms with Crippen LogP contribution in [0.15, 0.2) is 71.6 Å². The molecule has 0 radical (unpaired) electrons. The quantitative estimate of drug-likeness (QED) is 0.593. The van der Waals surface area contributed by atoms with Gasteiger partial charge in [0.05, 0.1) is 17.7 Å². The first kappa shape index (κ1) is 20.7. The van der Waals surface area contributed by atoms with Gasteiger partial charge in [0.2, 0.25) is 0 Å². The highest BCUT2D eigenvalue weighted by molar-refractivity contribution is 7.92. The number of anilines is 2. The zero-order valence-corrected chi connectivity index (χ0v) is 17.3. The first-order chi connectivity index (χ1) is 13.8. The number of carbonyl (C=O) groups excluding carboxylic acids is 1. The van der Waals surface area contributed by atoms with Crippen molar-refractivity contribution in [3.8, 4) is 5.75 Å². The van der Waals surface area contributed by atoms with Crippen LogP contribution in [0.1, 0.15) is 15.9 Å². The molecule has 0 atom stereocenters. The van der Waals surface area contributed by atoms with Gasteiger partial charge < -0.3 is 10.1 Å². The van der Waals surface area contributed by atoms with Gasteiger partial charge in [-0.15, -0.1) is 0 Å². The second-order valence-corrected chi connectivity index (χ2v) is 8.36. The Bertz CT molecular complexity index is 1150. The Hall–Kier alpha value is -3.03. The smallest absolute Gasteiger partial charge is 0.261 e. The number of hydrogen-bond acceptors (Lipinski definition) is 4. The normalized spacial score (nSPS) is 11.0. The Kier molecular flexibility index (Phi) is 6.10. The van der Waals surface area contributed by atoms with Crippen LogP contribution in [0.25, 0.3) is 0 Å². The molecule has 3 aromatic rings. The molecule has 29 heavy (non-hydrogen) atoms. The van der Waals surface area contributed by atoms with Crippen LogP contribution in [-0.4, -0.2) is 21.4 Å². The molecule has 0 aliphatic carbocycles. The van der Waals surface area contributed by atoms with Crippen LogP contribution in [0.5, 0.6) is 5.75 Å². The Morgan fingerprint density at radius 1 is 1.00 bits per heavy atom. The zero-order chi connectivity index (χ0) is 21.0. The minimum absolute atomic E-state index is 0.0201. The lowest BCUT2D eigenvalue weighted by Gasteiger charge is -2.14. The monoisotopic (exact) mass is 430 g/mol. The maximum atomic E-state index is 12.8. The van der Waals surface area contributed by atoms with Gasteiger partial charge in [0.1, 0.15) is 5.75 Å². The number of hydrogen-bond donors (Lipinski definition) is 2. The number of methoxy groups -OCH3 is 1. The summed E-state index contributed by atoms with van der Waals surface area (Å²) < 4.78 is 33.2. The molecular weight excluding hydrogens is 412 g/mol. The molecule has 3 aromatic carbocycles. The van der Waals surface area contributed by atoms with E-state index in [0.29, 0.717) is 22.0 Å². The zero-order valence-electron chi connectivity index (χ0n) is 15.8. The molecule has 1 amide bonds. The Balaban J connectivity index is 1.91. The standard InChI is InChI=1S/C21H19ClN2O4S/c1-14-5-3-4-6-18(14)21(25)23-19-13-17(11-12-20(19)28-2)29(26,27)24-16-9-7-15(22)8-10-16/h3-13,24H,1-2H3,(H,23,25). The van der Waals surface area contributed by atoms with Crippen molar-refractivity contribution in [2.24, 2.45) is 0 Å². The number of aryl methyl sites for hydroxylation is 1. The topological polar surface area (TPSA) is 84.5 Å². The van der Waals surface area contributed by atoms with Crippen molar-refractivity contribution in [3.05, 3.63) is 82.9 Å². The highest BCUT2D eigenvalue weighted by atomic mass is 35.5. The van der Waals surface area contributed by atoms with Gasteiger partial charge in [-0.25, -0.2) is 8.42 Å². The summed E-state index contributed by atoms with van der Waals surface area (Å²) >= 11 is 5.83. The SMILES string of the molecule is COc1ccc(S(=O)(=O)Nc2ccc(Cl)cc2)cc1NC(=O)c1ccccc1C. The van der Waals surface area contributed by atoms with E-state index >= 15 is 0 Å². The van der Waals surface area contributed by atoms with Crippen molar-refractivity contribution >= 4 is 38.9 Å². The summed E-state index contributed by atoms with van der Waals surface area (Å²) in [5.41, 5.74) is 1.91.